The number of halogens is 1. The van der Waals surface area contributed by atoms with E-state index in [1.807, 2.05) is 31.3 Å². The molecule has 0 saturated heterocycles. The van der Waals surface area contributed by atoms with Crippen molar-refractivity contribution in [2.75, 3.05) is 39.8 Å². The second-order valence-electron chi connectivity index (χ2n) is 4.25. The van der Waals surface area contributed by atoms with Crippen LogP contribution in [0.1, 0.15) is 13.3 Å². The van der Waals surface area contributed by atoms with E-state index in [9.17, 15) is 0 Å². The van der Waals surface area contributed by atoms with E-state index in [4.69, 9.17) is 4.74 Å². The normalized spacial score (nSPS) is 10.9. The van der Waals surface area contributed by atoms with Gasteiger partial charge in [-0.15, -0.1) is 0 Å². The van der Waals surface area contributed by atoms with E-state index in [1.165, 1.54) is 6.42 Å². The maximum absolute atomic E-state index is 5.75. The Morgan fingerprint density at radius 1 is 1.28 bits per heavy atom. The van der Waals surface area contributed by atoms with Crippen LogP contribution in [-0.2, 0) is 0 Å². The van der Waals surface area contributed by atoms with Crippen molar-refractivity contribution in [2.24, 2.45) is 0 Å². The molecule has 1 aromatic rings. The summed E-state index contributed by atoms with van der Waals surface area (Å²) in [5.41, 5.74) is 0. The van der Waals surface area contributed by atoms with Gasteiger partial charge in [0, 0.05) is 24.1 Å². The van der Waals surface area contributed by atoms with E-state index in [0.29, 0.717) is 0 Å². The molecule has 18 heavy (non-hydrogen) atoms. The summed E-state index contributed by atoms with van der Waals surface area (Å²) in [6, 6.07) is 7.98. The molecule has 0 unspecified atom stereocenters. The quantitative estimate of drug-likeness (QED) is 0.758. The Balaban J connectivity index is 2.29. The topological polar surface area (TPSA) is 24.5 Å². The summed E-state index contributed by atoms with van der Waals surface area (Å²) in [6.07, 6.45) is 1.18. The van der Waals surface area contributed by atoms with Crippen molar-refractivity contribution in [3.63, 3.8) is 0 Å². The van der Waals surface area contributed by atoms with Crippen LogP contribution in [0.4, 0.5) is 0 Å². The van der Waals surface area contributed by atoms with E-state index in [-0.39, 0.29) is 0 Å². The molecule has 0 bridgehead atoms. The lowest BCUT2D eigenvalue weighted by molar-refractivity contribution is 0.210. The van der Waals surface area contributed by atoms with Gasteiger partial charge in [-0.05, 0) is 38.2 Å². The number of hydrogen-bond acceptors (Lipinski definition) is 3. The molecule has 0 amide bonds. The molecule has 1 N–H and O–H groups in total. The highest BCUT2D eigenvalue weighted by Gasteiger charge is 2.03. The standard InChI is InChI=1S/C14H23BrN2O/c1-3-8-17(9-7-16-2)10-11-18-14-6-4-5-13(15)12-14/h4-6,12,16H,3,7-11H2,1-2H3. The minimum atomic E-state index is 0.736. The van der Waals surface area contributed by atoms with Crippen LogP contribution in [0.15, 0.2) is 28.7 Å². The zero-order valence-electron chi connectivity index (χ0n) is 11.3. The van der Waals surface area contributed by atoms with Crippen molar-refractivity contribution in [3.05, 3.63) is 28.7 Å². The monoisotopic (exact) mass is 314 g/mol. The summed E-state index contributed by atoms with van der Waals surface area (Å²) in [7, 11) is 1.99. The minimum Gasteiger partial charge on any atom is -0.492 e. The van der Waals surface area contributed by atoms with Gasteiger partial charge in [0.15, 0.2) is 0 Å². The first-order valence-electron chi connectivity index (χ1n) is 6.51. The average molecular weight is 315 g/mol. The molecule has 0 fully saturated rings. The molecule has 0 aliphatic carbocycles. The van der Waals surface area contributed by atoms with E-state index >= 15 is 0 Å². The molecular weight excluding hydrogens is 292 g/mol. The van der Waals surface area contributed by atoms with E-state index in [0.717, 1.165) is 43.0 Å². The van der Waals surface area contributed by atoms with Crippen LogP contribution in [0.2, 0.25) is 0 Å². The Bertz CT molecular complexity index is 333. The first-order chi connectivity index (χ1) is 8.76. The van der Waals surface area contributed by atoms with Gasteiger partial charge in [-0.2, -0.15) is 0 Å². The molecule has 0 saturated carbocycles. The van der Waals surface area contributed by atoms with Gasteiger partial charge in [0.25, 0.3) is 0 Å². The molecule has 0 radical (unpaired) electrons. The van der Waals surface area contributed by atoms with Crippen molar-refractivity contribution in [2.45, 2.75) is 13.3 Å². The first kappa shape index (κ1) is 15.5. The molecule has 0 atom stereocenters. The third kappa shape index (κ3) is 6.38. The van der Waals surface area contributed by atoms with Crippen molar-refractivity contribution in [1.82, 2.24) is 10.2 Å². The lowest BCUT2D eigenvalue weighted by Gasteiger charge is -2.21. The summed E-state index contributed by atoms with van der Waals surface area (Å²) in [5.74, 6) is 0.925. The highest BCUT2D eigenvalue weighted by molar-refractivity contribution is 9.10. The van der Waals surface area contributed by atoms with Crippen LogP contribution in [0.5, 0.6) is 5.75 Å². The minimum absolute atomic E-state index is 0.736. The van der Waals surface area contributed by atoms with Gasteiger partial charge in [0.05, 0.1) is 0 Å². The molecule has 4 heteroatoms. The molecule has 3 nitrogen and oxygen atoms in total. The summed E-state index contributed by atoms with van der Waals surface area (Å²) < 4.78 is 6.81. The molecule has 0 spiro atoms. The van der Waals surface area contributed by atoms with E-state index in [1.54, 1.807) is 0 Å². The summed E-state index contributed by atoms with van der Waals surface area (Å²) in [6.45, 7) is 7.15. The molecular formula is C14H23BrN2O. The highest BCUT2D eigenvalue weighted by atomic mass is 79.9. The van der Waals surface area contributed by atoms with Gasteiger partial charge in [-0.25, -0.2) is 0 Å². The number of ether oxygens (including phenoxy) is 1. The number of rotatable bonds is 9. The molecule has 0 aliphatic heterocycles. The summed E-state index contributed by atoms with van der Waals surface area (Å²) >= 11 is 3.44. The maximum Gasteiger partial charge on any atom is 0.120 e. The van der Waals surface area contributed by atoms with E-state index < -0.39 is 0 Å². The van der Waals surface area contributed by atoms with Crippen LogP contribution in [0.3, 0.4) is 0 Å². The van der Waals surface area contributed by atoms with Gasteiger partial charge in [0.1, 0.15) is 12.4 Å². The van der Waals surface area contributed by atoms with Crippen molar-refractivity contribution in [3.8, 4) is 5.75 Å². The van der Waals surface area contributed by atoms with Crippen LogP contribution in [0, 0.1) is 0 Å². The lowest BCUT2D eigenvalue weighted by atomic mass is 10.3. The Morgan fingerprint density at radius 2 is 2.11 bits per heavy atom. The second kappa shape index (κ2) is 9.36. The van der Waals surface area contributed by atoms with Crippen molar-refractivity contribution < 1.29 is 4.74 Å². The van der Waals surface area contributed by atoms with Crippen molar-refractivity contribution in [1.29, 1.82) is 0 Å². The Kier molecular flexibility index (Phi) is 8.05. The third-order valence-corrected chi connectivity index (χ3v) is 3.18. The van der Waals surface area contributed by atoms with Gasteiger partial charge < -0.3 is 10.1 Å². The van der Waals surface area contributed by atoms with Gasteiger partial charge >= 0.3 is 0 Å². The zero-order valence-corrected chi connectivity index (χ0v) is 12.9. The summed E-state index contributed by atoms with van der Waals surface area (Å²) in [5, 5.41) is 3.18. The lowest BCUT2D eigenvalue weighted by Crippen LogP contribution is -2.34. The number of nitrogens with one attached hydrogen (secondary N) is 1. The third-order valence-electron chi connectivity index (χ3n) is 2.69. The Morgan fingerprint density at radius 3 is 2.78 bits per heavy atom. The fourth-order valence-electron chi connectivity index (χ4n) is 1.77. The Hall–Kier alpha value is -0.580. The SMILES string of the molecule is CCCN(CCNC)CCOc1cccc(Br)c1. The predicted octanol–water partition coefficient (Wildman–Crippen LogP) is 2.76. The fourth-order valence-corrected chi connectivity index (χ4v) is 2.15. The molecule has 102 valence electrons. The van der Waals surface area contributed by atoms with Gasteiger partial charge in [0.2, 0.25) is 0 Å². The van der Waals surface area contributed by atoms with Crippen LogP contribution >= 0.6 is 15.9 Å². The average Bonchev–Trinajstić information content (AvgIpc) is 2.36. The highest BCUT2D eigenvalue weighted by Crippen LogP contribution is 2.17. The van der Waals surface area contributed by atoms with Crippen molar-refractivity contribution >= 4 is 15.9 Å². The molecule has 0 aromatic heterocycles. The number of likely N-dealkylation sites (N-methyl/N-ethyl adjacent to an activating group) is 1. The molecule has 0 aliphatic rings. The van der Waals surface area contributed by atoms with Gasteiger partial charge in [-0.3, -0.25) is 4.90 Å². The molecule has 1 rings (SSSR count). The second-order valence-corrected chi connectivity index (χ2v) is 5.17. The smallest absolute Gasteiger partial charge is 0.120 e. The zero-order chi connectivity index (χ0) is 13.2. The summed E-state index contributed by atoms with van der Waals surface area (Å²) in [4.78, 5) is 2.43. The molecule has 0 heterocycles. The fraction of sp³-hybridized carbons (Fsp3) is 0.571. The maximum atomic E-state index is 5.75. The predicted molar refractivity (Wildman–Crippen MR) is 80.3 cm³/mol. The number of benzene rings is 1. The Labute approximate surface area is 119 Å². The number of hydrogen-bond donors (Lipinski definition) is 1. The van der Waals surface area contributed by atoms with Gasteiger partial charge in [-0.1, -0.05) is 28.9 Å². The van der Waals surface area contributed by atoms with Crippen LogP contribution in [-0.4, -0.2) is 44.7 Å². The van der Waals surface area contributed by atoms with Crippen LogP contribution in [0.25, 0.3) is 0 Å². The first-order valence-corrected chi connectivity index (χ1v) is 7.31. The number of nitrogens with zero attached hydrogens (tertiary/aromatic N) is 1. The van der Waals surface area contributed by atoms with Crippen LogP contribution < -0.4 is 10.1 Å². The van der Waals surface area contributed by atoms with E-state index in [2.05, 4.69) is 33.1 Å². The largest absolute Gasteiger partial charge is 0.492 e. The molecule has 1 aromatic carbocycles.